The van der Waals surface area contributed by atoms with Gasteiger partial charge in [0.2, 0.25) is 0 Å². The summed E-state index contributed by atoms with van der Waals surface area (Å²) >= 11 is 0. The van der Waals surface area contributed by atoms with E-state index in [1.54, 1.807) is 9.34 Å². The Morgan fingerprint density at radius 1 is 0.636 bits per heavy atom. The van der Waals surface area contributed by atoms with Crippen LogP contribution in [-0.2, 0) is 9.13 Å². The van der Waals surface area contributed by atoms with E-state index in [1.165, 1.54) is 64.7 Å². The molecule has 5 N–H and O–H groups in total. The van der Waals surface area contributed by atoms with E-state index in [-0.39, 0.29) is 0 Å². The Morgan fingerprint density at radius 3 is 1.15 bits per heavy atom. The summed E-state index contributed by atoms with van der Waals surface area (Å²) in [5, 5.41) is 12.5. The van der Waals surface area contributed by atoms with Gasteiger partial charge in [0.1, 0.15) is 0 Å². The Hall–Kier alpha value is 0.180. The van der Waals surface area contributed by atoms with Crippen molar-refractivity contribution in [3.63, 3.8) is 0 Å². The molecule has 0 aliphatic carbocycles. The van der Waals surface area contributed by atoms with Crippen molar-refractivity contribution in [2.24, 2.45) is 0 Å². The minimum Gasteiger partial charge on any atom is -0.808 e. The van der Waals surface area contributed by atoms with Gasteiger partial charge in [0.25, 0.3) is 7.44 Å². The van der Waals surface area contributed by atoms with Gasteiger partial charge in [-0.05, 0) is 78.7 Å². The highest BCUT2D eigenvalue weighted by molar-refractivity contribution is 7.74. The Balaban J connectivity index is 0.000000258. The van der Waals surface area contributed by atoms with Crippen molar-refractivity contribution in [2.75, 3.05) is 52.4 Å². The van der Waals surface area contributed by atoms with Crippen molar-refractivity contribution in [3.8, 4) is 0 Å². The van der Waals surface area contributed by atoms with Gasteiger partial charge in [-0.25, -0.2) is 9.34 Å². The fourth-order valence-electron chi connectivity index (χ4n) is 4.97. The number of aliphatic hydroxyl groups is 1. The van der Waals surface area contributed by atoms with E-state index in [2.05, 4.69) is 10.6 Å². The molecule has 33 heavy (non-hydrogen) atoms. The molecule has 4 fully saturated rings. The molecule has 4 heterocycles. The summed E-state index contributed by atoms with van der Waals surface area (Å²) in [7, 11) is -9.27. The summed E-state index contributed by atoms with van der Waals surface area (Å²) in [4.78, 5) is 23.2. The summed E-state index contributed by atoms with van der Waals surface area (Å²) < 4.78 is 28.3. The minimum atomic E-state index is -5.41. The maximum absolute atomic E-state index is 13.6. The molecule has 0 radical (unpaired) electrons. The van der Waals surface area contributed by atoms with Gasteiger partial charge < -0.3 is 30.1 Å². The maximum atomic E-state index is 13.6. The first kappa shape index (κ1) is 29.4. The first-order valence-corrected chi connectivity index (χ1v) is 16.4. The molecule has 4 saturated heterocycles. The first-order valence-electron chi connectivity index (χ1n) is 13.2. The predicted molar refractivity (Wildman–Crippen MR) is 128 cm³/mol. The second-order valence-electron chi connectivity index (χ2n) is 9.89. The van der Waals surface area contributed by atoms with Crippen LogP contribution in [0.5, 0.6) is 0 Å². The smallest absolute Gasteiger partial charge is 0.251 e. The average Bonchev–Trinajstić information content (AvgIpc) is 2.87. The molecule has 0 aromatic rings. The molecule has 0 spiro atoms. The summed E-state index contributed by atoms with van der Waals surface area (Å²) in [5.74, 6) is 0. The van der Waals surface area contributed by atoms with Crippen LogP contribution in [-0.4, -0.2) is 71.9 Å². The minimum absolute atomic E-state index is 0.462. The number of piperidine rings is 4. The third-order valence-electron chi connectivity index (χ3n) is 7.14. The van der Waals surface area contributed by atoms with E-state index in [1.807, 2.05) is 0 Å². The highest BCUT2D eigenvalue weighted by Gasteiger charge is 2.53. The van der Waals surface area contributed by atoms with Crippen LogP contribution < -0.4 is 20.4 Å². The zero-order valence-corrected chi connectivity index (χ0v) is 22.5. The number of nitrogens with zero attached hydrogens (tertiary/aromatic N) is 2. The Morgan fingerprint density at radius 2 is 0.939 bits per heavy atom. The molecule has 0 bridgehead atoms. The first-order chi connectivity index (χ1) is 15.7. The van der Waals surface area contributed by atoms with Gasteiger partial charge in [-0.15, -0.1) is 0 Å². The van der Waals surface area contributed by atoms with Crippen molar-refractivity contribution in [3.05, 3.63) is 0 Å². The molecule has 11 heteroatoms. The van der Waals surface area contributed by atoms with Gasteiger partial charge in [0, 0.05) is 26.2 Å². The van der Waals surface area contributed by atoms with Gasteiger partial charge in [-0.1, -0.05) is 12.8 Å². The van der Waals surface area contributed by atoms with Crippen LogP contribution in [0, 0.1) is 0 Å². The van der Waals surface area contributed by atoms with Crippen LogP contribution in [0.4, 0.5) is 0 Å². The third-order valence-corrected chi connectivity index (χ3v) is 13.1. The van der Waals surface area contributed by atoms with Gasteiger partial charge in [0.15, 0.2) is 5.08 Å². The zero-order valence-electron chi connectivity index (χ0n) is 20.7. The highest BCUT2D eigenvalue weighted by atomic mass is 31.2. The van der Waals surface area contributed by atoms with Gasteiger partial charge in [0.05, 0.1) is 26.2 Å². The third kappa shape index (κ3) is 8.66. The number of rotatable bonds is 4. The van der Waals surface area contributed by atoms with Crippen LogP contribution in [0.1, 0.15) is 84.0 Å². The molecule has 0 amide bonds. The van der Waals surface area contributed by atoms with Crippen molar-refractivity contribution < 1.29 is 34.7 Å². The predicted octanol–water partition coefficient (Wildman–Crippen LogP) is 0.198. The lowest BCUT2D eigenvalue weighted by molar-refractivity contribution is -0.662. The maximum Gasteiger partial charge on any atom is 0.251 e. The zero-order chi connectivity index (χ0) is 24.2. The van der Waals surface area contributed by atoms with E-state index in [4.69, 9.17) is 0 Å². The number of nitrogens with two attached hydrogens (primary N) is 2. The van der Waals surface area contributed by atoms with E-state index in [0.29, 0.717) is 26.2 Å². The molecule has 0 aromatic carbocycles. The average molecular weight is 511 g/mol. The molecular formula is C22H48N4O5P2. The highest BCUT2D eigenvalue weighted by Crippen LogP contribution is 2.72. The fraction of sp³-hybridized carbons (Fsp3) is 1.00. The molecule has 1 atom stereocenters. The lowest BCUT2D eigenvalue weighted by atomic mass is 10.2. The molecule has 4 rings (SSSR count). The molecule has 196 valence electrons. The summed E-state index contributed by atoms with van der Waals surface area (Å²) in [5.41, 5.74) is 0. The summed E-state index contributed by atoms with van der Waals surface area (Å²) in [6.45, 7) is 8.26. The molecular weight excluding hydrogens is 462 g/mol. The normalized spacial score (nSPS) is 25.6. The van der Waals surface area contributed by atoms with Crippen LogP contribution in [0.15, 0.2) is 0 Å². The van der Waals surface area contributed by atoms with Crippen molar-refractivity contribution in [1.82, 2.24) is 9.34 Å². The second-order valence-corrected chi connectivity index (χ2v) is 15.2. The standard InChI is InChI=1S/C12H26N2O5P2.2C5H11N/c1-12(15,21(17,18)19)20(16,13-8-4-2-5-9-13)14-10-6-3-7-11-14;2*1-2-4-6-5-3-1/h15H,2-11H2,1H3,(H2,17,18,19);2*6H,1-5H2. The fourth-order valence-corrected chi connectivity index (χ4v) is 10.1. The number of hydrogen-bond acceptors (Lipinski definition) is 5. The van der Waals surface area contributed by atoms with E-state index >= 15 is 0 Å². The molecule has 4 aliphatic rings. The van der Waals surface area contributed by atoms with Gasteiger partial charge >= 0.3 is 0 Å². The number of quaternary nitrogens is 2. The molecule has 4 aliphatic heterocycles. The van der Waals surface area contributed by atoms with E-state index in [0.717, 1.165) is 45.4 Å². The van der Waals surface area contributed by atoms with E-state index in [9.17, 15) is 24.0 Å². The Bertz CT molecular complexity index is 569. The topological polar surface area (TPSA) is 140 Å². The second kappa shape index (κ2) is 14.7. The van der Waals surface area contributed by atoms with Gasteiger partial charge in [-0.2, -0.15) is 0 Å². The van der Waals surface area contributed by atoms with Crippen molar-refractivity contribution in [2.45, 2.75) is 89.1 Å². The molecule has 0 saturated carbocycles. The quantitative estimate of drug-likeness (QED) is 0.459. The van der Waals surface area contributed by atoms with Crippen molar-refractivity contribution in [1.29, 1.82) is 0 Å². The van der Waals surface area contributed by atoms with Crippen LogP contribution in [0.25, 0.3) is 0 Å². The molecule has 1 unspecified atom stereocenters. The SMILES string of the molecule is C1CC[NH2+]CC1.C1CC[NH2+]CC1.CC(O)(P(=O)([O-])[O-])P(=O)(N1CCCCC1)N1CCCCC1. The molecule has 9 nitrogen and oxygen atoms in total. The molecule has 0 aromatic heterocycles. The van der Waals surface area contributed by atoms with Crippen LogP contribution in [0.2, 0.25) is 0 Å². The largest absolute Gasteiger partial charge is 0.808 e. The summed E-state index contributed by atoms with van der Waals surface area (Å²) in [6.07, 6.45) is 13.9. The Kier molecular flexibility index (Phi) is 13.1. The van der Waals surface area contributed by atoms with Gasteiger partial charge in [-0.3, -0.25) is 4.57 Å². The van der Waals surface area contributed by atoms with E-state index < -0.39 is 20.1 Å². The Labute approximate surface area is 200 Å². The van der Waals surface area contributed by atoms with Crippen LogP contribution >= 0.6 is 15.0 Å². The number of hydrogen-bond donors (Lipinski definition) is 3. The lowest BCUT2D eigenvalue weighted by Gasteiger charge is -2.54. The van der Waals surface area contributed by atoms with Crippen molar-refractivity contribution >= 4 is 15.0 Å². The monoisotopic (exact) mass is 510 g/mol. The van der Waals surface area contributed by atoms with Crippen LogP contribution in [0.3, 0.4) is 0 Å². The summed E-state index contributed by atoms with van der Waals surface area (Å²) in [6, 6.07) is 0. The lowest BCUT2D eigenvalue weighted by Crippen LogP contribution is -2.85.